The zero-order valence-electron chi connectivity index (χ0n) is 23.4. The number of carbonyl (C=O) groups is 1. The Balaban J connectivity index is 1.28. The molecule has 3 aliphatic rings. The van der Waals surface area contributed by atoms with Crippen molar-refractivity contribution < 1.29 is 33.4 Å². The van der Waals surface area contributed by atoms with E-state index in [0.29, 0.717) is 12.0 Å². The molecule has 1 unspecified atom stereocenters. The van der Waals surface area contributed by atoms with E-state index < -0.39 is 58.4 Å². The molecule has 2 saturated heterocycles. The second-order valence-corrected chi connectivity index (χ2v) is 10.6. The molecule has 224 valence electrons. The molecule has 2 aromatic carbocycles. The number of ether oxygens (including phenoxy) is 5. The van der Waals surface area contributed by atoms with E-state index in [0.717, 1.165) is 10.1 Å². The van der Waals surface area contributed by atoms with Crippen molar-refractivity contribution in [3.63, 3.8) is 0 Å². The number of rotatable bonds is 9. The number of nitro benzene ring substituents is 1. The van der Waals surface area contributed by atoms with E-state index >= 15 is 0 Å². The van der Waals surface area contributed by atoms with Crippen LogP contribution in [0.1, 0.15) is 34.1 Å². The third-order valence-electron chi connectivity index (χ3n) is 8.05. The Kier molecular flexibility index (Phi) is 7.56. The van der Waals surface area contributed by atoms with E-state index in [1.165, 1.54) is 42.1 Å². The molecule has 6 atom stereocenters. The quantitative estimate of drug-likeness (QED) is 0.157. The van der Waals surface area contributed by atoms with E-state index in [4.69, 9.17) is 23.7 Å². The van der Waals surface area contributed by atoms with E-state index in [-0.39, 0.29) is 24.6 Å². The Morgan fingerprint density at radius 1 is 1.14 bits per heavy atom. The average Bonchev–Trinajstić information content (AvgIpc) is 3.51. The van der Waals surface area contributed by atoms with Gasteiger partial charge in [-0.2, -0.15) is 0 Å². The van der Waals surface area contributed by atoms with Gasteiger partial charge in [-0.1, -0.05) is 36.4 Å². The lowest BCUT2D eigenvalue weighted by atomic mass is 9.81. The molecule has 2 aliphatic heterocycles. The Hall–Kier alpha value is -4.43. The molecular weight excluding hydrogens is 562 g/mol. The summed E-state index contributed by atoms with van der Waals surface area (Å²) in [5.74, 6) is -0.720. The van der Waals surface area contributed by atoms with Gasteiger partial charge in [-0.15, -0.1) is 0 Å². The minimum Gasteiger partial charge on any atom is -0.451 e. The lowest BCUT2D eigenvalue weighted by molar-refractivity contribution is -0.384. The van der Waals surface area contributed by atoms with E-state index in [9.17, 15) is 24.5 Å². The summed E-state index contributed by atoms with van der Waals surface area (Å²) in [4.78, 5) is 50.1. The maximum Gasteiger partial charge on any atom is 0.338 e. The number of benzene rings is 2. The number of hydrogen-bond donors (Lipinski definition) is 0. The minimum absolute atomic E-state index is 0.117. The summed E-state index contributed by atoms with van der Waals surface area (Å²) in [6, 6.07) is 14.4. The van der Waals surface area contributed by atoms with Gasteiger partial charge >= 0.3 is 11.7 Å². The highest BCUT2D eigenvalue weighted by Crippen LogP contribution is 2.54. The zero-order chi connectivity index (χ0) is 30.3. The highest BCUT2D eigenvalue weighted by Gasteiger charge is 2.72. The van der Waals surface area contributed by atoms with Crippen LogP contribution in [-0.4, -0.2) is 57.2 Å². The van der Waals surface area contributed by atoms with Gasteiger partial charge in [0.1, 0.15) is 18.9 Å². The van der Waals surface area contributed by atoms with Gasteiger partial charge in [0.15, 0.2) is 17.9 Å². The SMILES string of the molecule is CO[C@H]1[C@H]2O[C@H]3CC=C[C@@H](OC(=O)c4ccc([N+](=O)[O-])cc4)C31O[C@H]2n1cc(C)c(=O)n(COCc2ccccc2)c1=O. The predicted molar refractivity (Wildman–Crippen MR) is 149 cm³/mol. The Morgan fingerprint density at radius 3 is 2.58 bits per heavy atom. The fourth-order valence-electron chi connectivity index (χ4n) is 6.02. The number of methoxy groups -OCH3 is 1. The van der Waals surface area contributed by atoms with Crippen molar-refractivity contribution in [1.82, 2.24) is 9.13 Å². The summed E-state index contributed by atoms with van der Waals surface area (Å²) in [6.07, 6.45) is 1.37. The molecule has 0 radical (unpaired) electrons. The highest BCUT2D eigenvalue weighted by atomic mass is 16.7. The van der Waals surface area contributed by atoms with Crippen LogP contribution in [0, 0.1) is 17.0 Å². The molecule has 1 aromatic heterocycles. The Labute approximate surface area is 245 Å². The molecular formula is C30H29N3O10. The maximum absolute atomic E-state index is 13.6. The first-order valence-corrected chi connectivity index (χ1v) is 13.7. The smallest absolute Gasteiger partial charge is 0.338 e. The van der Waals surface area contributed by atoms with Crippen LogP contribution in [0.25, 0.3) is 0 Å². The topological polar surface area (TPSA) is 150 Å². The lowest BCUT2D eigenvalue weighted by Crippen LogP contribution is -2.59. The van der Waals surface area contributed by atoms with Gasteiger partial charge in [0.2, 0.25) is 0 Å². The summed E-state index contributed by atoms with van der Waals surface area (Å²) in [5.41, 5.74) is -1.30. The maximum atomic E-state index is 13.6. The van der Waals surface area contributed by atoms with Crippen LogP contribution in [0.15, 0.2) is 82.5 Å². The second kappa shape index (κ2) is 11.3. The largest absolute Gasteiger partial charge is 0.451 e. The summed E-state index contributed by atoms with van der Waals surface area (Å²) in [6.45, 7) is 1.52. The van der Waals surface area contributed by atoms with Gasteiger partial charge in [0.25, 0.3) is 11.2 Å². The summed E-state index contributed by atoms with van der Waals surface area (Å²) < 4.78 is 32.6. The van der Waals surface area contributed by atoms with Crippen LogP contribution in [0.3, 0.4) is 0 Å². The van der Waals surface area contributed by atoms with Crippen molar-refractivity contribution in [2.24, 2.45) is 0 Å². The van der Waals surface area contributed by atoms with Crippen molar-refractivity contribution in [2.75, 3.05) is 7.11 Å². The molecule has 43 heavy (non-hydrogen) atoms. The molecule has 13 nitrogen and oxygen atoms in total. The number of carbonyl (C=O) groups excluding carboxylic acids is 1. The number of aryl methyl sites for hydroxylation is 1. The molecule has 0 N–H and O–H groups in total. The van der Waals surface area contributed by atoms with Gasteiger partial charge in [-0.3, -0.25) is 19.5 Å². The van der Waals surface area contributed by atoms with Crippen molar-refractivity contribution in [1.29, 1.82) is 0 Å². The summed E-state index contributed by atoms with van der Waals surface area (Å²) in [5, 5.41) is 11.0. The van der Waals surface area contributed by atoms with Gasteiger partial charge in [0.05, 0.1) is 23.2 Å². The van der Waals surface area contributed by atoms with E-state index in [1.54, 1.807) is 13.0 Å². The van der Waals surface area contributed by atoms with Gasteiger partial charge in [-0.25, -0.2) is 14.2 Å². The Bertz CT molecular complexity index is 1680. The monoisotopic (exact) mass is 591 g/mol. The Morgan fingerprint density at radius 2 is 1.88 bits per heavy atom. The van der Waals surface area contributed by atoms with E-state index in [1.807, 2.05) is 36.4 Å². The minimum atomic E-state index is -1.30. The molecule has 0 amide bonds. The van der Waals surface area contributed by atoms with Crippen molar-refractivity contribution in [2.45, 2.75) is 62.9 Å². The van der Waals surface area contributed by atoms with Gasteiger partial charge in [0, 0.05) is 31.0 Å². The first kappa shape index (κ1) is 28.7. The number of nitro groups is 1. The van der Waals surface area contributed by atoms with Crippen LogP contribution in [0.4, 0.5) is 5.69 Å². The first-order chi connectivity index (χ1) is 20.7. The molecule has 1 aliphatic carbocycles. The molecule has 1 spiro atoms. The van der Waals surface area contributed by atoms with Crippen molar-refractivity contribution in [3.05, 3.63) is 121 Å². The number of esters is 1. The predicted octanol–water partition coefficient (Wildman–Crippen LogP) is 2.64. The van der Waals surface area contributed by atoms with Crippen LogP contribution < -0.4 is 11.2 Å². The second-order valence-electron chi connectivity index (χ2n) is 10.6. The normalized spacial score (nSPS) is 27.2. The lowest BCUT2D eigenvalue weighted by Gasteiger charge is -2.43. The zero-order valence-corrected chi connectivity index (χ0v) is 23.4. The molecule has 3 heterocycles. The number of non-ortho nitro benzene ring substituents is 1. The fourth-order valence-corrected chi connectivity index (χ4v) is 6.02. The number of hydrogen-bond acceptors (Lipinski definition) is 10. The van der Waals surface area contributed by atoms with Crippen LogP contribution in [-0.2, 0) is 37.0 Å². The number of aromatic nitrogens is 2. The fraction of sp³-hybridized carbons (Fsp3) is 0.367. The van der Waals surface area contributed by atoms with Crippen molar-refractivity contribution in [3.8, 4) is 0 Å². The molecule has 2 bridgehead atoms. The third-order valence-corrected chi connectivity index (χ3v) is 8.05. The average molecular weight is 592 g/mol. The van der Waals surface area contributed by atoms with Crippen molar-refractivity contribution >= 4 is 11.7 Å². The molecule has 0 saturated carbocycles. The van der Waals surface area contributed by atoms with E-state index in [2.05, 4.69) is 0 Å². The molecule has 6 rings (SSSR count). The molecule has 3 aromatic rings. The molecule has 13 heteroatoms. The van der Waals surface area contributed by atoms with Crippen LogP contribution >= 0.6 is 0 Å². The van der Waals surface area contributed by atoms with Crippen LogP contribution in [0.5, 0.6) is 0 Å². The highest BCUT2D eigenvalue weighted by molar-refractivity contribution is 5.90. The third kappa shape index (κ3) is 4.89. The molecule has 2 fully saturated rings. The first-order valence-electron chi connectivity index (χ1n) is 13.7. The standard InChI is InChI=1S/C30H29N3O10/c1-18-15-31(29(36)32(26(18)34)17-40-16-19-7-4-3-5-8-19)27-24-25(39-2)30(43-27)22(41-24)9-6-10-23(30)42-28(35)20-11-13-21(14-12-20)33(37)38/h3-8,10-15,22-25,27H,9,16-17H2,1-2H3/t22-,23+,24+,25-,27+,30?/m0/s1. The van der Waals surface area contributed by atoms with Gasteiger partial charge in [-0.05, 0) is 37.1 Å². The number of fused-ring (bicyclic) bond motifs is 1. The van der Waals surface area contributed by atoms with Crippen LogP contribution in [0.2, 0.25) is 0 Å². The number of nitrogens with zero attached hydrogens (tertiary/aromatic N) is 3. The van der Waals surface area contributed by atoms with Gasteiger partial charge < -0.3 is 23.7 Å². The summed E-state index contributed by atoms with van der Waals surface area (Å²) >= 11 is 0. The summed E-state index contributed by atoms with van der Waals surface area (Å²) in [7, 11) is 1.48.